The number of ketones is 1. The number of carbonyl (C=O) groups excluding carboxylic acids is 1. The second kappa shape index (κ2) is 9.68. The van der Waals surface area contributed by atoms with Crippen LogP contribution in [0.15, 0.2) is 53.6 Å². The maximum Gasteiger partial charge on any atom is 0.335 e. The lowest BCUT2D eigenvalue weighted by Gasteiger charge is -2.27. The molecule has 0 saturated heterocycles. The van der Waals surface area contributed by atoms with E-state index in [0.29, 0.717) is 11.3 Å². The Morgan fingerprint density at radius 3 is 2.10 bits per heavy atom. The number of rotatable bonds is 7. The molecule has 2 aromatic rings. The first-order valence-corrected chi connectivity index (χ1v) is 10.5. The highest BCUT2D eigenvalue weighted by molar-refractivity contribution is 8.15. The van der Waals surface area contributed by atoms with Gasteiger partial charge in [-0.05, 0) is 62.4 Å². The van der Waals surface area contributed by atoms with Crippen LogP contribution in [0.2, 0.25) is 0 Å². The van der Waals surface area contributed by atoms with E-state index in [1.807, 2.05) is 18.4 Å². The maximum atomic E-state index is 13.0. The van der Waals surface area contributed by atoms with Crippen molar-refractivity contribution < 1.29 is 14.7 Å². The number of hydrogen-bond acceptors (Lipinski definition) is 8. The fourth-order valence-corrected chi connectivity index (χ4v) is 3.74. The first kappa shape index (κ1) is 22.6. The Bertz CT molecular complexity index is 899. The summed E-state index contributed by atoms with van der Waals surface area (Å²) in [6, 6.07) is 13.1. The Morgan fingerprint density at radius 2 is 1.62 bits per heavy atom. The first-order chi connectivity index (χ1) is 13.7. The Morgan fingerprint density at radius 1 is 1.07 bits per heavy atom. The predicted octanol–water partition coefficient (Wildman–Crippen LogP) is 3.38. The average Bonchev–Trinajstić information content (AvgIpc) is 2.72. The molecule has 0 aromatic heterocycles. The molecule has 0 atom stereocenters. The number of hydrazine groups is 1. The van der Waals surface area contributed by atoms with E-state index in [-0.39, 0.29) is 16.5 Å². The standard InChI is InChI=1S/C19H23N5O3S2/c1-19(2,16(25)12-4-8-14(9-5-12)23-28-3)29-18(22-20)24(21)15-10-6-13(7-11-15)17(26)27/h4-11,23H,20-21H2,1-3H3,(H,26,27)/b22-18+. The molecule has 0 fully saturated rings. The largest absolute Gasteiger partial charge is 0.478 e. The van der Waals surface area contributed by atoms with Gasteiger partial charge in [0.2, 0.25) is 5.17 Å². The topological polar surface area (TPSA) is 134 Å². The van der Waals surface area contributed by atoms with E-state index >= 15 is 0 Å². The number of nitrogens with two attached hydrogens (primary N) is 2. The molecule has 0 spiro atoms. The van der Waals surface area contributed by atoms with Crippen LogP contribution in [0.4, 0.5) is 11.4 Å². The molecule has 0 aliphatic carbocycles. The van der Waals surface area contributed by atoms with Crippen LogP contribution in [0.3, 0.4) is 0 Å². The smallest absolute Gasteiger partial charge is 0.335 e. The highest BCUT2D eigenvalue weighted by Gasteiger charge is 2.33. The van der Waals surface area contributed by atoms with Gasteiger partial charge in [0.1, 0.15) is 0 Å². The molecule has 0 aliphatic heterocycles. The number of carboxylic acid groups (broad SMARTS) is 1. The number of amidine groups is 1. The van der Waals surface area contributed by atoms with Gasteiger partial charge >= 0.3 is 5.97 Å². The van der Waals surface area contributed by atoms with Crippen molar-refractivity contribution >= 4 is 52.0 Å². The Labute approximate surface area is 177 Å². The molecule has 0 bridgehead atoms. The number of thioether (sulfide) groups is 1. The van der Waals surface area contributed by atoms with Crippen molar-refractivity contribution in [3.63, 3.8) is 0 Å². The number of benzene rings is 2. The number of carboxylic acids is 1. The monoisotopic (exact) mass is 433 g/mol. The van der Waals surface area contributed by atoms with E-state index in [0.717, 1.165) is 17.4 Å². The molecule has 154 valence electrons. The van der Waals surface area contributed by atoms with Gasteiger partial charge in [-0.1, -0.05) is 23.7 Å². The molecule has 0 radical (unpaired) electrons. The summed E-state index contributed by atoms with van der Waals surface area (Å²) in [4.78, 5) is 24.0. The van der Waals surface area contributed by atoms with Crippen LogP contribution in [0.25, 0.3) is 0 Å². The number of nitrogens with one attached hydrogen (secondary N) is 1. The lowest BCUT2D eigenvalue weighted by Crippen LogP contribution is -2.41. The van der Waals surface area contributed by atoms with Crippen molar-refractivity contribution in [2.24, 2.45) is 16.8 Å². The first-order valence-electron chi connectivity index (χ1n) is 8.48. The number of carbonyl (C=O) groups is 2. The summed E-state index contributed by atoms with van der Waals surface area (Å²) in [5.41, 5.74) is 2.08. The minimum Gasteiger partial charge on any atom is -0.478 e. The molecule has 29 heavy (non-hydrogen) atoms. The third-order valence-electron chi connectivity index (χ3n) is 3.97. The average molecular weight is 434 g/mol. The third kappa shape index (κ3) is 5.66. The highest BCUT2D eigenvalue weighted by Crippen LogP contribution is 2.32. The zero-order valence-corrected chi connectivity index (χ0v) is 17.9. The SMILES string of the molecule is CSNc1ccc(C(=O)C(C)(C)S/C(=N/N)N(N)c2ccc(C(=O)O)cc2)cc1. The summed E-state index contributed by atoms with van der Waals surface area (Å²) in [5, 5.41) is 14.2. The normalized spacial score (nSPS) is 11.8. The molecule has 6 N–H and O–H groups in total. The lowest BCUT2D eigenvalue weighted by molar-refractivity contribution is 0.0696. The van der Waals surface area contributed by atoms with E-state index in [9.17, 15) is 9.59 Å². The molecule has 0 aliphatic rings. The van der Waals surface area contributed by atoms with Gasteiger partial charge in [-0.25, -0.2) is 10.6 Å². The quantitative estimate of drug-likeness (QED) is 0.129. The van der Waals surface area contributed by atoms with Crippen molar-refractivity contribution in [3.8, 4) is 0 Å². The summed E-state index contributed by atoms with van der Waals surface area (Å²) in [7, 11) is 0. The van der Waals surface area contributed by atoms with Gasteiger partial charge in [-0.15, -0.1) is 0 Å². The van der Waals surface area contributed by atoms with Crippen LogP contribution in [-0.2, 0) is 0 Å². The van der Waals surface area contributed by atoms with Gasteiger partial charge in [0.05, 0.1) is 16.0 Å². The summed E-state index contributed by atoms with van der Waals surface area (Å²) >= 11 is 2.59. The number of nitrogens with zero attached hydrogens (tertiary/aromatic N) is 2. The molecule has 0 amide bonds. The van der Waals surface area contributed by atoms with Crippen LogP contribution in [-0.4, -0.2) is 33.0 Å². The van der Waals surface area contributed by atoms with Crippen molar-refractivity contribution in [2.75, 3.05) is 16.0 Å². The second-order valence-electron chi connectivity index (χ2n) is 6.46. The van der Waals surface area contributed by atoms with Crippen molar-refractivity contribution in [3.05, 3.63) is 59.7 Å². The number of hydrogen-bond donors (Lipinski definition) is 4. The summed E-state index contributed by atoms with van der Waals surface area (Å²) in [6.07, 6.45) is 1.92. The van der Waals surface area contributed by atoms with Crippen LogP contribution in [0.1, 0.15) is 34.6 Å². The Kier molecular flexibility index (Phi) is 7.54. The van der Waals surface area contributed by atoms with Gasteiger partial charge in [0.25, 0.3) is 0 Å². The fourth-order valence-electron chi connectivity index (χ4n) is 2.44. The van der Waals surface area contributed by atoms with E-state index < -0.39 is 10.7 Å². The number of hydrazone groups is 1. The van der Waals surface area contributed by atoms with Crippen LogP contribution >= 0.6 is 23.7 Å². The molecular weight excluding hydrogens is 410 g/mol. The number of aromatic carboxylic acids is 1. The number of anilines is 2. The molecule has 0 unspecified atom stereocenters. The molecule has 0 saturated carbocycles. The molecule has 8 nitrogen and oxygen atoms in total. The summed E-state index contributed by atoms with van der Waals surface area (Å²) in [6.45, 7) is 3.53. The minimum absolute atomic E-state index is 0.103. The second-order valence-corrected chi connectivity index (χ2v) is 8.66. The van der Waals surface area contributed by atoms with E-state index in [1.54, 1.807) is 38.1 Å². The zero-order chi connectivity index (χ0) is 21.6. The zero-order valence-electron chi connectivity index (χ0n) is 16.2. The Balaban J connectivity index is 2.16. The van der Waals surface area contributed by atoms with Gasteiger partial charge < -0.3 is 15.7 Å². The minimum atomic E-state index is -1.03. The van der Waals surface area contributed by atoms with E-state index in [4.69, 9.17) is 16.8 Å². The van der Waals surface area contributed by atoms with Crippen LogP contribution in [0, 0.1) is 0 Å². The summed E-state index contributed by atoms with van der Waals surface area (Å²) < 4.78 is 2.20. The van der Waals surface area contributed by atoms with Crippen molar-refractivity contribution in [1.29, 1.82) is 0 Å². The maximum absolute atomic E-state index is 13.0. The molecule has 10 heteroatoms. The van der Waals surface area contributed by atoms with Crippen molar-refractivity contribution in [2.45, 2.75) is 18.6 Å². The molecule has 2 aromatic carbocycles. The van der Waals surface area contributed by atoms with E-state index in [2.05, 4.69) is 9.82 Å². The van der Waals surface area contributed by atoms with E-state index in [1.165, 1.54) is 29.1 Å². The molecular formula is C19H23N5O3S2. The van der Waals surface area contributed by atoms with Gasteiger partial charge in [0, 0.05) is 17.5 Å². The van der Waals surface area contributed by atoms with Crippen LogP contribution < -0.4 is 21.4 Å². The lowest BCUT2D eigenvalue weighted by atomic mass is 10.0. The van der Waals surface area contributed by atoms with Gasteiger partial charge in [-0.2, -0.15) is 5.10 Å². The van der Waals surface area contributed by atoms with Crippen molar-refractivity contribution in [1.82, 2.24) is 0 Å². The summed E-state index contributed by atoms with van der Waals surface area (Å²) in [5.74, 6) is 10.5. The third-order valence-corrected chi connectivity index (χ3v) is 5.59. The van der Waals surface area contributed by atoms with Crippen LogP contribution in [0.5, 0.6) is 0 Å². The molecule has 0 heterocycles. The predicted molar refractivity (Wildman–Crippen MR) is 121 cm³/mol. The number of Topliss-reactive ketones (excluding diaryl/α,β-unsaturated/α-hetero) is 1. The highest BCUT2D eigenvalue weighted by atomic mass is 32.2. The Hall–Kier alpha value is -2.69. The van der Waals surface area contributed by atoms with Gasteiger partial charge in [-0.3, -0.25) is 9.80 Å². The van der Waals surface area contributed by atoms with Gasteiger partial charge in [0.15, 0.2) is 5.78 Å². The fraction of sp³-hybridized carbons (Fsp3) is 0.211. The molecule has 2 rings (SSSR count).